The molecular formula is C17H24. The maximum Gasteiger partial charge on any atom is -0.00258 e. The molecule has 0 fully saturated rings. The first kappa shape index (κ1) is 15.4. The monoisotopic (exact) mass is 228 g/mol. The van der Waals surface area contributed by atoms with Gasteiger partial charge in [-0.25, -0.2) is 0 Å². The molecule has 0 spiro atoms. The molecule has 0 bridgehead atoms. The second-order valence-electron chi connectivity index (χ2n) is 3.15. The Morgan fingerprint density at radius 1 is 0.529 bits per heavy atom. The molecule has 92 valence electrons. The van der Waals surface area contributed by atoms with E-state index in [0.717, 1.165) is 6.42 Å². The Kier molecular flexibility index (Phi) is 9.94. The van der Waals surface area contributed by atoms with Gasteiger partial charge < -0.3 is 0 Å². The lowest BCUT2D eigenvalue weighted by Crippen LogP contribution is -1.85. The zero-order chi connectivity index (χ0) is 12.9. The molecule has 0 aromatic heterocycles. The normalized spacial score (nSPS) is 8.24. The fraction of sp³-hybridized carbons (Fsp3) is 0.294. The molecule has 0 aliphatic rings. The molecule has 0 radical (unpaired) electrons. The summed E-state index contributed by atoms with van der Waals surface area (Å²) in [5.74, 6) is 0. The first-order valence-electron chi connectivity index (χ1n) is 6.53. The highest BCUT2D eigenvalue weighted by Crippen LogP contribution is 2.07. The summed E-state index contributed by atoms with van der Waals surface area (Å²) in [5, 5.41) is 0. The molecule has 0 heterocycles. The maximum absolute atomic E-state index is 2.16. The summed E-state index contributed by atoms with van der Waals surface area (Å²) in [6, 6.07) is 21.1. The van der Waals surface area contributed by atoms with Crippen LogP contribution in [0.3, 0.4) is 0 Å². The van der Waals surface area contributed by atoms with Crippen LogP contribution in [-0.2, 0) is 6.42 Å². The topological polar surface area (TPSA) is 0 Å². The minimum Gasteiger partial charge on any atom is -0.0683 e. The van der Waals surface area contributed by atoms with Gasteiger partial charge in [0.05, 0.1) is 0 Å². The van der Waals surface area contributed by atoms with Crippen LogP contribution in [0, 0.1) is 0 Å². The average Bonchev–Trinajstić information content (AvgIpc) is 2.45. The molecular weight excluding hydrogens is 204 g/mol. The van der Waals surface area contributed by atoms with E-state index < -0.39 is 0 Å². The lowest BCUT2D eigenvalue weighted by molar-refractivity contribution is 1.19. The van der Waals surface area contributed by atoms with E-state index in [4.69, 9.17) is 0 Å². The summed E-state index contributed by atoms with van der Waals surface area (Å²) in [6.07, 6.45) is 1.03. The van der Waals surface area contributed by atoms with Gasteiger partial charge in [-0.1, -0.05) is 88.4 Å². The van der Waals surface area contributed by atoms with Crippen molar-refractivity contribution in [2.24, 2.45) is 0 Å². The van der Waals surface area contributed by atoms with Crippen LogP contribution >= 0.6 is 0 Å². The van der Waals surface area contributed by atoms with Gasteiger partial charge in [0.2, 0.25) is 0 Å². The van der Waals surface area contributed by atoms with Gasteiger partial charge in [-0.15, -0.1) is 0 Å². The highest BCUT2D eigenvalue weighted by atomic mass is 14.0. The zero-order valence-corrected chi connectivity index (χ0v) is 11.5. The van der Waals surface area contributed by atoms with Gasteiger partial charge in [0.1, 0.15) is 0 Å². The van der Waals surface area contributed by atoms with Gasteiger partial charge in [0.15, 0.2) is 0 Å². The predicted molar refractivity (Wildman–Crippen MR) is 78.4 cm³/mol. The first-order chi connectivity index (χ1) is 8.45. The van der Waals surface area contributed by atoms with Crippen LogP contribution in [0.25, 0.3) is 0 Å². The number of hydrogen-bond acceptors (Lipinski definition) is 0. The lowest BCUT2D eigenvalue weighted by Gasteiger charge is -2.00. The second-order valence-corrected chi connectivity index (χ2v) is 3.15. The summed E-state index contributed by atoms with van der Waals surface area (Å²) in [5.41, 5.74) is 2.74. The summed E-state index contributed by atoms with van der Waals surface area (Å²) in [6.45, 7) is 8.00. The average molecular weight is 228 g/mol. The molecule has 0 saturated carbocycles. The fourth-order valence-corrected chi connectivity index (χ4v) is 1.43. The molecule has 0 atom stereocenters. The first-order valence-corrected chi connectivity index (χ1v) is 6.53. The van der Waals surface area contributed by atoms with Gasteiger partial charge in [-0.2, -0.15) is 0 Å². The van der Waals surface area contributed by atoms with Gasteiger partial charge in [0.25, 0.3) is 0 Å². The Morgan fingerprint density at radius 3 is 1.12 bits per heavy atom. The number of rotatable bonds is 2. The molecule has 0 nitrogen and oxygen atoms in total. The largest absolute Gasteiger partial charge is 0.0683 e. The van der Waals surface area contributed by atoms with Crippen LogP contribution in [0.5, 0.6) is 0 Å². The van der Waals surface area contributed by atoms with Crippen molar-refractivity contribution in [1.29, 1.82) is 0 Å². The quantitative estimate of drug-likeness (QED) is 0.651. The van der Waals surface area contributed by atoms with E-state index in [-0.39, 0.29) is 0 Å². The fourth-order valence-electron chi connectivity index (χ4n) is 1.43. The van der Waals surface area contributed by atoms with Crippen LogP contribution < -0.4 is 0 Å². The molecule has 0 unspecified atom stereocenters. The summed E-state index contributed by atoms with van der Waals surface area (Å²) >= 11 is 0. The molecule has 0 aliphatic carbocycles. The maximum atomic E-state index is 2.16. The van der Waals surface area contributed by atoms with Crippen molar-refractivity contribution >= 4 is 0 Å². The SMILES string of the molecule is CC.CC.c1ccc(Cc2ccccc2)cc1. The van der Waals surface area contributed by atoms with Gasteiger partial charge in [-0.3, -0.25) is 0 Å². The van der Waals surface area contributed by atoms with E-state index in [1.54, 1.807) is 0 Å². The minimum absolute atomic E-state index is 1.03. The third-order valence-corrected chi connectivity index (χ3v) is 2.09. The van der Waals surface area contributed by atoms with E-state index >= 15 is 0 Å². The summed E-state index contributed by atoms with van der Waals surface area (Å²) in [7, 11) is 0. The third kappa shape index (κ3) is 6.57. The zero-order valence-electron chi connectivity index (χ0n) is 11.5. The van der Waals surface area contributed by atoms with Crippen molar-refractivity contribution in [3.63, 3.8) is 0 Å². The van der Waals surface area contributed by atoms with Crippen molar-refractivity contribution in [2.45, 2.75) is 34.1 Å². The minimum atomic E-state index is 1.03. The molecule has 2 aromatic carbocycles. The molecule has 0 amide bonds. The van der Waals surface area contributed by atoms with E-state index in [2.05, 4.69) is 60.7 Å². The van der Waals surface area contributed by atoms with Gasteiger partial charge >= 0.3 is 0 Å². The van der Waals surface area contributed by atoms with Crippen molar-refractivity contribution in [3.8, 4) is 0 Å². The van der Waals surface area contributed by atoms with E-state index in [1.807, 2.05) is 27.7 Å². The Morgan fingerprint density at radius 2 is 0.824 bits per heavy atom. The number of hydrogen-bond donors (Lipinski definition) is 0. The van der Waals surface area contributed by atoms with Crippen molar-refractivity contribution < 1.29 is 0 Å². The number of benzene rings is 2. The molecule has 0 N–H and O–H groups in total. The standard InChI is InChI=1S/C13H12.2C2H6/c1-3-7-12(8-4-1)11-13-9-5-2-6-10-13;2*1-2/h1-10H,11H2;2*1-2H3. The van der Waals surface area contributed by atoms with Crippen molar-refractivity contribution in [1.82, 2.24) is 0 Å². The molecule has 0 saturated heterocycles. The molecule has 0 aliphatic heterocycles. The Bertz CT molecular complexity index is 311. The van der Waals surface area contributed by atoms with Crippen molar-refractivity contribution in [3.05, 3.63) is 71.8 Å². The predicted octanol–water partition coefficient (Wildman–Crippen LogP) is 5.33. The smallest absolute Gasteiger partial charge is 0.00258 e. The highest BCUT2D eigenvalue weighted by Gasteiger charge is 1.92. The van der Waals surface area contributed by atoms with E-state index in [0.29, 0.717) is 0 Å². The summed E-state index contributed by atoms with van der Waals surface area (Å²) < 4.78 is 0. The molecule has 2 aromatic rings. The van der Waals surface area contributed by atoms with E-state index in [9.17, 15) is 0 Å². The molecule has 0 heteroatoms. The van der Waals surface area contributed by atoms with Gasteiger partial charge in [-0.05, 0) is 17.5 Å². The van der Waals surface area contributed by atoms with Crippen LogP contribution in [0.2, 0.25) is 0 Å². The Hall–Kier alpha value is -1.56. The Labute approximate surface area is 106 Å². The third-order valence-electron chi connectivity index (χ3n) is 2.09. The van der Waals surface area contributed by atoms with Crippen LogP contribution in [0.4, 0.5) is 0 Å². The van der Waals surface area contributed by atoms with Crippen molar-refractivity contribution in [2.75, 3.05) is 0 Å². The summed E-state index contributed by atoms with van der Waals surface area (Å²) in [4.78, 5) is 0. The van der Waals surface area contributed by atoms with Gasteiger partial charge in [0, 0.05) is 0 Å². The second kappa shape index (κ2) is 10.9. The highest BCUT2D eigenvalue weighted by molar-refractivity contribution is 5.25. The lowest BCUT2D eigenvalue weighted by atomic mass is 10.1. The van der Waals surface area contributed by atoms with Crippen LogP contribution in [0.15, 0.2) is 60.7 Å². The van der Waals surface area contributed by atoms with Crippen LogP contribution in [0.1, 0.15) is 38.8 Å². The van der Waals surface area contributed by atoms with E-state index in [1.165, 1.54) is 11.1 Å². The van der Waals surface area contributed by atoms with Crippen LogP contribution in [-0.4, -0.2) is 0 Å². The Balaban J connectivity index is 0.000000581. The molecule has 17 heavy (non-hydrogen) atoms. The molecule has 2 rings (SSSR count).